The lowest BCUT2D eigenvalue weighted by molar-refractivity contribution is -0.671. The molecule has 1 fully saturated rings. The number of thioether (sulfide) groups is 1. The van der Waals surface area contributed by atoms with Crippen molar-refractivity contribution in [2.24, 2.45) is 7.05 Å². The molecule has 0 bridgehead atoms. The Labute approximate surface area is 189 Å². The van der Waals surface area contributed by atoms with E-state index in [9.17, 15) is 9.59 Å². The van der Waals surface area contributed by atoms with E-state index in [0.29, 0.717) is 6.42 Å². The Kier molecular flexibility index (Phi) is 8.71. The minimum Gasteiger partial charge on any atom is -0.370 e. The normalized spacial score (nSPS) is 14.6. The molecule has 1 aromatic heterocycles. The zero-order chi connectivity index (χ0) is 22.1. The molecule has 1 amide bonds. The average Bonchev–Trinajstić information content (AvgIpc) is 3.03. The molecular weight excluding hydrogens is 406 g/mol. The molecule has 5 nitrogen and oxygen atoms in total. The van der Waals surface area contributed by atoms with Gasteiger partial charge in [0.05, 0.1) is 0 Å². The number of hydrogen-bond acceptors (Lipinski definition) is 4. The van der Waals surface area contributed by atoms with E-state index in [1.165, 1.54) is 28.6 Å². The lowest BCUT2D eigenvalue weighted by Crippen LogP contribution is -2.35. The summed E-state index contributed by atoms with van der Waals surface area (Å²) in [4.78, 5) is 27.8. The highest BCUT2D eigenvalue weighted by Crippen LogP contribution is 2.19. The number of anilines is 1. The summed E-state index contributed by atoms with van der Waals surface area (Å²) in [5, 5.41) is 0.119. The molecule has 2 heterocycles. The summed E-state index contributed by atoms with van der Waals surface area (Å²) in [6.45, 7) is 4.95. The van der Waals surface area contributed by atoms with Gasteiger partial charge < -0.3 is 9.80 Å². The summed E-state index contributed by atoms with van der Waals surface area (Å²) >= 11 is 1.30. The predicted octanol–water partition coefficient (Wildman–Crippen LogP) is 3.78. The second kappa shape index (κ2) is 11.7. The maximum atomic E-state index is 12.5. The van der Waals surface area contributed by atoms with Gasteiger partial charge in [0, 0.05) is 63.1 Å². The molecule has 31 heavy (non-hydrogen) atoms. The van der Waals surface area contributed by atoms with Crippen LogP contribution in [0.25, 0.3) is 12.2 Å². The lowest BCUT2D eigenvalue weighted by atomic mass is 10.1. The third kappa shape index (κ3) is 7.55. The molecule has 1 aliphatic heterocycles. The first-order chi connectivity index (χ1) is 15.0. The zero-order valence-electron chi connectivity index (χ0n) is 18.5. The van der Waals surface area contributed by atoms with Gasteiger partial charge in [0.25, 0.3) is 0 Å². The van der Waals surface area contributed by atoms with Crippen LogP contribution in [0.3, 0.4) is 0 Å². The quantitative estimate of drug-likeness (QED) is 0.488. The Hall–Kier alpha value is -2.60. The molecule has 6 heteroatoms. The van der Waals surface area contributed by atoms with Crippen molar-refractivity contribution >= 4 is 40.6 Å². The fraction of sp³-hybridized carbons (Fsp3) is 0.400. The van der Waals surface area contributed by atoms with Crippen LogP contribution in [0.4, 0.5) is 5.69 Å². The van der Waals surface area contributed by atoms with Crippen LogP contribution in [0, 0.1) is 0 Å². The highest BCUT2D eigenvalue weighted by atomic mass is 32.2. The Morgan fingerprint density at radius 1 is 0.968 bits per heavy atom. The van der Waals surface area contributed by atoms with Crippen LogP contribution in [0.5, 0.6) is 0 Å². The first kappa shape index (κ1) is 23.1. The van der Waals surface area contributed by atoms with Crippen LogP contribution in [-0.2, 0) is 16.6 Å². The highest BCUT2D eigenvalue weighted by molar-refractivity contribution is 8.13. The van der Waals surface area contributed by atoms with Crippen molar-refractivity contribution < 1.29 is 14.2 Å². The van der Waals surface area contributed by atoms with Crippen LogP contribution in [0.15, 0.2) is 48.8 Å². The van der Waals surface area contributed by atoms with E-state index >= 15 is 0 Å². The van der Waals surface area contributed by atoms with Crippen molar-refractivity contribution in [1.82, 2.24) is 4.90 Å². The average molecular weight is 439 g/mol. The van der Waals surface area contributed by atoms with Crippen molar-refractivity contribution in [2.45, 2.75) is 26.2 Å². The molecule has 0 N–H and O–H groups in total. The number of aromatic nitrogens is 1. The van der Waals surface area contributed by atoms with Crippen LogP contribution >= 0.6 is 11.8 Å². The van der Waals surface area contributed by atoms with Gasteiger partial charge in [0.1, 0.15) is 7.05 Å². The molecule has 0 atom stereocenters. The number of aryl methyl sites for hydroxylation is 1. The summed E-state index contributed by atoms with van der Waals surface area (Å²) in [6.07, 6.45) is 10.6. The second-order valence-corrected chi connectivity index (χ2v) is 9.16. The van der Waals surface area contributed by atoms with Gasteiger partial charge in [-0.05, 0) is 36.1 Å². The van der Waals surface area contributed by atoms with Crippen LogP contribution in [0.1, 0.15) is 37.3 Å². The smallest absolute Gasteiger partial charge is 0.222 e. The first-order valence-corrected chi connectivity index (χ1v) is 11.9. The van der Waals surface area contributed by atoms with E-state index in [1.54, 1.807) is 6.92 Å². The van der Waals surface area contributed by atoms with Crippen LogP contribution in [-0.4, -0.2) is 47.9 Å². The molecular formula is C25H32N3O2S+. The van der Waals surface area contributed by atoms with Crippen LogP contribution < -0.4 is 9.47 Å². The minimum atomic E-state index is 0.119. The molecule has 0 aliphatic carbocycles. The molecule has 3 rings (SSSR count). The number of nitrogens with zero attached hydrogens (tertiary/aromatic N) is 3. The zero-order valence-corrected chi connectivity index (χ0v) is 19.3. The molecule has 164 valence electrons. The molecule has 0 spiro atoms. The molecule has 0 radical (unpaired) electrons. The van der Waals surface area contributed by atoms with Crippen molar-refractivity contribution in [3.8, 4) is 0 Å². The summed E-state index contributed by atoms with van der Waals surface area (Å²) in [5.41, 5.74) is 3.56. The third-order valence-corrected chi connectivity index (χ3v) is 6.32. The number of rotatable bonds is 7. The Balaban J connectivity index is 1.50. The van der Waals surface area contributed by atoms with Crippen molar-refractivity contribution in [1.29, 1.82) is 0 Å². The van der Waals surface area contributed by atoms with Gasteiger partial charge >= 0.3 is 0 Å². The number of carbonyl (C=O) groups is 2. The SMILES string of the molecule is CC(=O)SCCCC(=O)N1CCCN(c2ccc(/C=C/c3cc[n+](C)cc3)cc2)CC1. The second-order valence-electron chi connectivity index (χ2n) is 7.89. The van der Waals surface area contributed by atoms with Crippen molar-refractivity contribution in [2.75, 3.05) is 36.8 Å². The minimum absolute atomic E-state index is 0.119. The van der Waals surface area contributed by atoms with Gasteiger partial charge in [-0.2, -0.15) is 0 Å². The van der Waals surface area contributed by atoms with Crippen LogP contribution in [0.2, 0.25) is 0 Å². The summed E-state index contributed by atoms with van der Waals surface area (Å²) in [7, 11) is 2.01. The summed E-state index contributed by atoms with van der Waals surface area (Å²) in [6, 6.07) is 12.8. The highest BCUT2D eigenvalue weighted by Gasteiger charge is 2.19. The van der Waals surface area contributed by atoms with Crippen molar-refractivity contribution in [3.63, 3.8) is 0 Å². The third-order valence-electron chi connectivity index (χ3n) is 5.42. The molecule has 0 saturated carbocycles. The number of amides is 1. The number of hydrogen-bond donors (Lipinski definition) is 0. The number of benzene rings is 1. The number of pyridine rings is 1. The molecule has 1 saturated heterocycles. The fourth-order valence-corrected chi connectivity index (χ4v) is 4.21. The standard InChI is InChI=1S/C25H32N3O2S/c1-21(29)31-20-3-5-25(30)28-15-4-14-27(18-19-28)24-10-8-22(9-11-24)6-7-23-12-16-26(2)17-13-23/h6-13,16-17H,3-5,14-15,18-20H2,1-2H3/q+1. The first-order valence-electron chi connectivity index (χ1n) is 10.9. The van der Waals surface area contributed by atoms with E-state index < -0.39 is 0 Å². The number of carbonyl (C=O) groups excluding carboxylic acids is 2. The predicted molar refractivity (Wildman–Crippen MR) is 129 cm³/mol. The summed E-state index contributed by atoms with van der Waals surface area (Å²) < 4.78 is 2.02. The van der Waals surface area contributed by atoms with E-state index in [-0.39, 0.29) is 11.0 Å². The topological polar surface area (TPSA) is 44.5 Å². The Morgan fingerprint density at radius 3 is 2.32 bits per heavy atom. The van der Waals surface area contributed by atoms with Gasteiger partial charge in [0.15, 0.2) is 17.5 Å². The van der Waals surface area contributed by atoms with Gasteiger partial charge in [-0.1, -0.05) is 36.0 Å². The van der Waals surface area contributed by atoms with Gasteiger partial charge in [-0.15, -0.1) is 0 Å². The van der Waals surface area contributed by atoms with Crippen molar-refractivity contribution in [3.05, 3.63) is 59.9 Å². The monoisotopic (exact) mass is 438 g/mol. The molecule has 0 unspecified atom stereocenters. The van der Waals surface area contributed by atoms with Gasteiger partial charge in [0.2, 0.25) is 5.91 Å². The fourth-order valence-electron chi connectivity index (χ4n) is 3.63. The Morgan fingerprint density at radius 2 is 1.65 bits per heavy atom. The maximum Gasteiger partial charge on any atom is 0.222 e. The van der Waals surface area contributed by atoms with Gasteiger partial charge in [-0.3, -0.25) is 9.59 Å². The largest absolute Gasteiger partial charge is 0.370 e. The maximum absolute atomic E-state index is 12.5. The Bertz CT molecular complexity index is 894. The lowest BCUT2D eigenvalue weighted by Gasteiger charge is -2.24. The molecule has 1 aliphatic rings. The molecule has 1 aromatic carbocycles. The summed E-state index contributed by atoms with van der Waals surface area (Å²) in [5.74, 6) is 0.936. The van der Waals surface area contributed by atoms with E-state index in [0.717, 1.165) is 44.8 Å². The molecule has 2 aromatic rings. The van der Waals surface area contributed by atoms with E-state index in [1.807, 2.05) is 28.9 Å². The van der Waals surface area contributed by atoms with E-state index in [2.05, 4.69) is 53.5 Å². The van der Waals surface area contributed by atoms with Gasteiger partial charge in [-0.25, -0.2) is 4.57 Å². The van der Waals surface area contributed by atoms with E-state index in [4.69, 9.17) is 0 Å².